The van der Waals surface area contributed by atoms with E-state index in [-0.39, 0.29) is 47.8 Å². The van der Waals surface area contributed by atoms with Gasteiger partial charge in [0.2, 0.25) is 11.8 Å². The minimum Gasteiger partial charge on any atom is -0.455 e. The van der Waals surface area contributed by atoms with Crippen LogP contribution in [-0.2, 0) is 19.1 Å². The lowest BCUT2D eigenvalue weighted by molar-refractivity contribution is -0.149. The van der Waals surface area contributed by atoms with Gasteiger partial charge in [-0.3, -0.25) is 19.2 Å². The number of thiazole rings is 1. The molecule has 1 rings (SSSR count). The molecule has 198 valence electrons. The minimum absolute atomic E-state index is 0.0236. The SMILES string of the molecule is CC[C@H](C)[C@H](NC(=O)CN(C)C)C(=O)N(C)[C@H](C[C@@H](OC(C)=O)c1nc(C(=O)NC)cs1)C(C)C. The lowest BCUT2D eigenvalue weighted by Gasteiger charge is -2.37. The summed E-state index contributed by atoms with van der Waals surface area (Å²) in [5.41, 5.74) is 0.246. The zero-order valence-corrected chi connectivity index (χ0v) is 23.2. The van der Waals surface area contributed by atoms with Gasteiger partial charge in [-0.1, -0.05) is 34.1 Å². The van der Waals surface area contributed by atoms with E-state index in [1.54, 1.807) is 36.3 Å². The van der Waals surface area contributed by atoms with Crippen LogP contribution in [0.4, 0.5) is 0 Å². The molecule has 3 amide bonds. The van der Waals surface area contributed by atoms with Gasteiger partial charge in [0, 0.05) is 38.9 Å². The summed E-state index contributed by atoms with van der Waals surface area (Å²) in [6.45, 7) is 9.39. The van der Waals surface area contributed by atoms with Gasteiger partial charge in [0.1, 0.15) is 16.7 Å². The number of hydrogen-bond acceptors (Lipinski definition) is 8. The van der Waals surface area contributed by atoms with Gasteiger partial charge < -0.3 is 25.2 Å². The number of hydrogen-bond donors (Lipinski definition) is 2. The molecule has 0 unspecified atom stereocenters. The standard InChI is InChI=1S/C24H41N5O5S/c1-10-15(4)21(27-20(31)12-28(7)8)24(33)29(9)18(14(2)3)11-19(34-16(5)30)23-26-17(13-35-23)22(32)25-6/h13-15,18-19,21H,10-12H2,1-9H3,(H,25,32)(H,27,31)/t15-,18+,19+,21-/m0/s1. The molecule has 10 nitrogen and oxygen atoms in total. The van der Waals surface area contributed by atoms with Crippen molar-refractivity contribution in [2.45, 2.75) is 65.6 Å². The predicted molar refractivity (Wildman–Crippen MR) is 136 cm³/mol. The number of carbonyl (C=O) groups is 4. The summed E-state index contributed by atoms with van der Waals surface area (Å²) in [5.74, 6) is -1.26. The third kappa shape index (κ3) is 9.21. The van der Waals surface area contributed by atoms with Crippen LogP contribution in [0.3, 0.4) is 0 Å². The molecule has 2 N–H and O–H groups in total. The highest BCUT2D eigenvalue weighted by Gasteiger charge is 2.35. The quantitative estimate of drug-likeness (QED) is 0.389. The van der Waals surface area contributed by atoms with Crippen molar-refractivity contribution < 1.29 is 23.9 Å². The second-order valence-corrected chi connectivity index (χ2v) is 10.3. The van der Waals surface area contributed by atoms with E-state index < -0.39 is 18.1 Å². The Morgan fingerprint density at radius 1 is 1.14 bits per heavy atom. The number of likely N-dealkylation sites (N-methyl/N-ethyl adjacent to an activating group) is 2. The number of nitrogens with one attached hydrogen (secondary N) is 2. The van der Waals surface area contributed by atoms with E-state index in [0.29, 0.717) is 11.4 Å². The molecule has 0 aliphatic carbocycles. The highest BCUT2D eigenvalue weighted by molar-refractivity contribution is 7.09. The molecule has 0 fully saturated rings. The molecule has 0 bridgehead atoms. The summed E-state index contributed by atoms with van der Waals surface area (Å²) in [6.07, 6.45) is 0.305. The fourth-order valence-electron chi connectivity index (χ4n) is 3.74. The molecule has 1 aromatic heterocycles. The zero-order chi connectivity index (χ0) is 26.9. The van der Waals surface area contributed by atoms with Crippen LogP contribution < -0.4 is 10.6 Å². The molecule has 11 heteroatoms. The van der Waals surface area contributed by atoms with Crippen molar-refractivity contribution in [1.82, 2.24) is 25.4 Å². The van der Waals surface area contributed by atoms with Gasteiger partial charge in [0.25, 0.3) is 5.91 Å². The van der Waals surface area contributed by atoms with Gasteiger partial charge in [0.15, 0.2) is 6.10 Å². The molecule has 4 atom stereocenters. The molecule has 0 spiro atoms. The van der Waals surface area contributed by atoms with Crippen molar-refractivity contribution in [2.75, 3.05) is 34.7 Å². The normalized spacial score (nSPS) is 14.7. The Balaban J connectivity index is 3.21. The number of rotatable bonds is 13. The number of esters is 1. The van der Waals surface area contributed by atoms with Crippen LogP contribution in [0.25, 0.3) is 0 Å². The molecule has 0 aromatic carbocycles. The molecule has 0 aliphatic heterocycles. The fourth-order valence-corrected chi connectivity index (χ4v) is 4.58. The zero-order valence-electron chi connectivity index (χ0n) is 22.4. The summed E-state index contributed by atoms with van der Waals surface area (Å²) >= 11 is 1.23. The highest BCUT2D eigenvalue weighted by Crippen LogP contribution is 2.30. The summed E-state index contributed by atoms with van der Waals surface area (Å²) in [4.78, 5) is 57.6. The first-order valence-corrected chi connectivity index (χ1v) is 12.8. The van der Waals surface area contributed by atoms with E-state index in [0.717, 1.165) is 6.42 Å². The van der Waals surface area contributed by atoms with Crippen molar-refractivity contribution in [2.24, 2.45) is 11.8 Å². The van der Waals surface area contributed by atoms with Gasteiger partial charge in [0.05, 0.1) is 6.54 Å². The van der Waals surface area contributed by atoms with Gasteiger partial charge >= 0.3 is 5.97 Å². The van der Waals surface area contributed by atoms with Gasteiger partial charge in [-0.05, 0) is 25.9 Å². The third-order valence-corrected chi connectivity index (χ3v) is 6.83. The molecule has 0 saturated heterocycles. The Kier molecular flexibility index (Phi) is 12.3. The first-order valence-electron chi connectivity index (χ1n) is 11.9. The van der Waals surface area contributed by atoms with Crippen LogP contribution >= 0.6 is 11.3 Å². The van der Waals surface area contributed by atoms with Crippen LogP contribution in [0.15, 0.2) is 5.38 Å². The van der Waals surface area contributed by atoms with Gasteiger partial charge in [-0.15, -0.1) is 11.3 Å². The van der Waals surface area contributed by atoms with E-state index in [2.05, 4.69) is 15.6 Å². The summed E-state index contributed by atoms with van der Waals surface area (Å²) in [6, 6.07) is -0.984. The molecule has 0 saturated carbocycles. The summed E-state index contributed by atoms with van der Waals surface area (Å²) < 4.78 is 5.58. The summed E-state index contributed by atoms with van der Waals surface area (Å²) in [7, 11) is 6.82. The maximum atomic E-state index is 13.6. The highest BCUT2D eigenvalue weighted by atomic mass is 32.1. The van der Waals surface area contributed by atoms with Crippen molar-refractivity contribution >= 4 is 35.0 Å². The lowest BCUT2D eigenvalue weighted by atomic mass is 9.93. The molecule has 1 heterocycles. The average Bonchev–Trinajstić information content (AvgIpc) is 3.27. The number of aromatic nitrogens is 1. The van der Waals surface area contributed by atoms with Crippen LogP contribution in [0, 0.1) is 11.8 Å². The second kappa shape index (κ2) is 14.1. The minimum atomic E-state index is -0.719. The van der Waals surface area contributed by atoms with E-state index >= 15 is 0 Å². The average molecular weight is 512 g/mol. The summed E-state index contributed by atoms with van der Waals surface area (Å²) in [5, 5.41) is 7.53. The first kappa shape index (κ1) is 30.5. The van der Waals surface area contributed by atoms with Crippen molar-refractivity contribution in [3.63, 3.8) is 0 Å². The van der Waals surface area contributed by atoms with Crippen molar-refractivity contribution in [3.8, 4) is 0 Å². The van der Waals surface area contributed by atoms with Crippen molar-refractivity contribution in [3.05, 3.63) is 16.1 Å². The fraction of sp³-hybridized carbons (Fsp3) is 0.708. The van der Waals surface area contributed by atoms with E-state index in [1.807, 2.05) is 27.7 Å². The van der Waals surface area contributed by atoms with Gasteiger partial charge in [-0.2, -0.15) is 0 Å². The van der Waals surface area contributed by atoms with Crippen LogP contribution in [0.2, 0.25) is 0 Å². The van der Waals surface area contributed by atoms with Crippen LogP contribution in [0.5, 0.6) is 0 Å². The molecule has 1 aromatic rings. The molecule has 0 aliphatic rings. The number of ether oxygens (including phenoxy) is 1. The van der Waals surface area contributed by atoms with Crippen LogP contribution in [0.1, 0.15) is 69.1 Å². The third-order valence-electron chi connectivity index (χ3n) is 5.89. The maximum absolute atomic E-state index is 13.6. The Morgan fingerprint density at radius 2 is 1.77 bits per heavy atom. The second-order valence-electron chi connectivity index (χ2n) is 9.41. The molecule has 0 radical (unpaired) electrons. The smallest absolute Gasteiger partial charge is 0.303 e. The number of carbonyl (C=O) groups excluding carboxylic acids is 4. The van der Waals surface area contributed by atoms with E-state index in [1.165, 1.54) is 25.3 Å². The Labute approximate surface area is 212 Å². The lowest BCUT2D eigenvalue weighted by Crippen LogP contribution is -2.55. The topological polar surface area (TPSA) is 121 Å². The molecular formula is C24H41N5O5S. The molecule has 35 heavy (non-hydrogen) atoms. The Bertz CT molecular complexity index is 872. The van der Waals surface area contributed by atoms with Gasteiger partial charge in [-0.25, -0.2) is 4.98 Å². The number of amides is 3. The molecular weight excluding hydrogens is 470 g/mol. The van der Waals surface area contributed by atoms with Crippen molar-refractivity contribution in [1.29, 1.82) is 0 Å². The van der Waals surface area contributed by atoms with E-state index in [4.69, 9.17) is 4.74 Å². The Hall–Kier alpha value is -2.53. The van der Waals surface area contributed by atoms with Crippen LogP contribution in [-0.4, -0.2) is 85.3 Å². The van der Waals surface area contributed by atoms with E-state index in [9.17, 15) is 19.2 Å². The monoisotopic (exact) mass is 511 g/mol. The Morgan fingerprint density at radius 3 is 2.26 bits per heavy atom. The largest absolute Gasteiger partial charge is 0.455 e. The predicted octanol–water partition coefficient (Wildman–Crippen LogP) is 2.07. The first-order chi connectivity index (χ1) is 16.3. The maximum Gasteiger partial charge on any atom is 0.303 e. The number of nitrogens with zero attached hydrogens (tertiary/aromatic N) is 3.